The largest absolute Gasteiger partial charge is 1.00 e. The Morgan fingerprint density at radius 2 is 0.804 bits per heavy atom. The second-order valence-electron chi connectivity index (χ2n) is 8.64. The summed E-state index contributed by atoms with van der Waals surface area (Å²) in [5.41, 5.74) is -0.961. The van der Waals surface area contributed by atoms with E-state index in [1.54, 1.807) is 0 Å². The van der Waals surface area contributed by atoms with Crippen molar-refractivity contribution >= 4 is 29.5 Å². The van der Waals surface area contributed by atoms with E-state index in [9.17, 15) is 55.8 Å². The van der Waals surface area contributed by atoms with Gasteiger partial charge in [-0.05, 0) is 24.3 Å². The van der Waals surface area contributed by atoms with Gasteiger partial charge < -0.3 is 30.7 Å². The van der Waals surface area contributed by atoms with Crippen molar-refractivity contribution in [3.63, 3.8) is 0 Å². The fraction of sp³-hybridized carbons (Fsp3) is 0.0741. The van der Waals surface area contributed by atoms with Crippen LogP contribution in [0.1, 0.15) is 22.3 Å². The number of aromatic hydroxyl groups is 4. The normalized spacial score (nSPS) is 9.48. The first-order valence-corrected chi connectivity index (χ1v) is 11.9. The molecule has 0 aliphatic heterocycles. The third-order valence-electron chi connectivity index (χ3n) is 5.83. The van der Waals surface area contributed by atoms with Gasteiger partial charge in [-0.15, -0.1) is 0 Å². The molecule has 0 saturated heterocycles. The molecule has 4 aromatic carbocycles. The topological polar surface area (TPSA) is 301 Å². The van der Waals surface area contributed by atoms with Gasteiger partial charge in [0.15, 0.2) is 0 Å². The van der Waals surface area contributed by atoms with Crippen LogP contribution in [0.15, 0.2) is 72.8 Å². The van der Waals surface area contributed by atoms with Crippen LogP contribution in [-0.4, -0.2) is 52.4 Å². The first-order chi connectivity index (χ1) is 20.8. The molecule has 4 rings (SSSR count). The third kappa shape index (κ3) is 10.8. The van der Waals surface area contributed by atoms with Crippen molar-refractivity contribution in [3.8, 4) is 23.0 Å². The summed E-state index contributed by atoms with van der Waals surface area (Å²) in [5.74, 6) is -0.989. The molecule has 18 nitrogen and oxygen atoms in total. The van der Waals surface area contributed by atoms with E-state index in [2.05, 4.69) is 0 Å². The zero-order valence-electron chi connectivity index (χ0n) is 23.7. The minimum Gasteiger partial charge on any atom is -0.870 e. The molecule has 5 N–H and O–H groups in total. The number of rotatable bonds is 8. The molecule has 4 aromatic rings. The summed E-state index contributed by atoms with van der Waals surface area (Å²) in [6.45, 7) is 2.00. The molecule has 0 aromatic heterocycles. The number of nitro groups is 4. The Balaban J connectivity index is 0.00000123. The van der Waals surface area contributed by atoms with Crippen molar-refractivity contribution in [1.82, 2.24) is 0 Å². The maximum atomic E-state index is 11.4. The van der Waals surface area contributed by atoms with Gasteiger partial charge in [-0.2, -0.15) is 0 Å². The molecule has 236 valence electrons. The molecule has 19 heteroatoms. The molecule has 0 saturated carbocycles. The molecule has 0 aliphatic rings. The van der Waals surface area contributed by atoms with Crippen LogP contribution in [0.5, 0.6) is 23.0 Å². The maximum Gasteiger partial charge on any atom is 1.00 e. The average molecular weight is 650 g/mol. The van der Waals surface area contributed by atoms with Crippen molar-refractivity contribution in [2.24, 2.45) is 0 Å². The predicted octanol–water partition coefficient (Wildman–Crippen LogP) is 1.65. The van der Waals surface area contributed by atoms with Gasteiger partial charge in [0.2, 0.25) is 0 Å². The van der Waals surface area contributed by atoms with Crippen LogP contribution < -0.4 is 29.6 Å². The Kier molecular flexibility index (Phi) is 15.9. The smallest absolute Gasteiger partial charge is 0.870 e. The monoisotopic (exact) mass is 650 g/mol. The van der Waals surface area contributed by atoms with E-state index >= 15 is 0 Å². The number of phenols is 4. The summed E-state index contributed by atoms with van der Waals surface area (Å²) in [4.78, 5) is 48.9. The van der Waals surface area contributed by atoms with Crippen LogP contribution in [0.3, 0.4) is 0 Å². The molecule has 0 spiro atoms. The van der Waals surface area contributed by atoms with Crippen molar-refractivity contribution in [1.29, 1.82) is 0 Å². The van der Waals surface area contributed by atoms with Crippen LogP contribution >= 0.6 is 0 Å². The predicted molar refractivity (Wildman–Crippen MR) is 154 cm³/mol. The second-order valence-corrected chi connectivity index (χ2v) is 8.64. The molecule has 46 heavy (non-hydrogen) atoms. The molecule has 0 aliphatic carbocycles. The zero-order chi connectivity index (χ0) is 33.1. The fourth-order valence-corrected chi connectivity index (χ4v) is 3.76. The number of phenolic OH excluding ortho intramolecular Hbond substituents is 4. The van der Waals surface area contributed by atoms with E-state index in [-0.39, 0.29) is 104 Å². The van der Waals surface area contributed by atoms with E-state index in [1.165, 1.54) is 24.3 Å². The number of hydrogen-bond donors (Lipinski definition) is 4. The van der Waals surface area contributed by atoms with Gasteiger partial charge in [0.1, 0.15) is 29.8 Å². The van der Waals surface area contributed by atoms with Crippen LogP contribution in [0.25, 0.3) is 0 Å². The Morgan fingerprint density at radius 3 is 1.13 bits per heavy atom. The van der Waals surface area contributed by atoms with Crippen molar-refractivity contribution in [3.05, 3.63) is 136 Å². The van der Waals surface area contributed by atoms with Gasteiger partial charge >= 0.3 is 29.6 Å². The first kappa shape index (κ1) is 40.3. The summed E-state index contributed by atoms with van der Waals surface area (Å²) in [6.07, 6.45) is -0.538. The number of carbonyl (C=O) groups is 1. The summed E-state index contributed by atoms with van der Waals surface area (Å²) >= 11 is 0. The quantitative estimate of drug-likeness (QED) is 0.120. The second kappa shape index (κ2) is 18.2. The van der Waals surface area contributed by atoms with Crippen molar-refractivity contribution in [2.45, 2.75) is 12.8 Å². The van der Waals surface area contributed by atoms with Crippen LogP contribution in [0.4, 0.5) is 22.7 Å². The Bertz CT molecular complexity index is 1630. The van der Waals surface area contributed by atoms with Gasteiger partial charge in [0.25, 0.3) is 22.7 Å². The average Bonchev–Trinajstić information content (AvgIpc) is 2.98. The van der Waals surface area contributed by atoms with E-state index in [0.717, 1.165) is 48.5 Å². The zero-order valence-corrected chi connectivity index (χ0v) is 25.7. The molecule has 0 atom stereocenters. The Morgan fingerprint density at radius 1 is 0.500 bits per heavy atom. The molecule has 0 fully saturated rings. The van der Waals surface area contributed by atoms with Crippen LogP contribution in [-0.2, 0) is 17.6 Å². The number of nitro benzene ring substituents is 4. The van der Waals surface area contributed by atoms with Gasteiger partial charge in [0, 0.05) is 83.6 Å². The fourth-order valence-electron chi connectivity index (χ4n) is 3.76. The molecule has 0 unspecified atom stereocenters. The number of benzene rings is 4. The molecule has 0 radical (unpaired) electrons. The number of carbonyl (C=O) groups excluding carboxylic acids is 1. The Labute approximate surface area is 280 Å². The van der Waals surface area contributed by atoms with Gasteiger partial charge in [0.05, 0.1) is 19.7 Å². The molecule has 0 amide bonds. The Hall–Kier alpha value is -5.69. The summed E-state index contributed by atoms with van der Waals surface area (Å²) in [7, 11) is 0. The minimum atomic E-state index is -0.715. The van der Waals surface area contributed by atoms with E-state index in [1.807, 2.05) is 6.79 Å². The molecule has 0 heterocycles. The van der Waals surface area contributed by atoms with E-state index < -0.39 is 31.1 Å². The summed E-state index contributed by atoms with van der Waals surface area (Å²) in [5, 5.41) is 82.9. The van der Waals surface area contributed by atoms with Crippen molar-refractivity contribution < 1.29 is 79.9 Å². The number of nitrogens with zero attached hydrogens (tertiary/aromatic N) is 4. The van der Waals surface area contributed by atoms with Crippen LogP contribution in [0, 0.1) is 40.5 Å². The van der Waals surface area contributed by atoms with E-state index in [4.69, 9.17) is 9.90 Å². The number of non-ortho nitro benzene ring substituents is 4. The third-order valence-corrected chi connectivity index (χ3v) is 5.83. The van der Waals surface area contributed by atoms with Gasteiger partial charge in [-0.1, -0.05) is 0 Å². The number of hydrogen-bond acceptors (Lipinski definition) is 14. The van der Waals surface area contributed by atoms with E-state index in [0.29, 0.717) is 0 Å². The maximum absolute atomic E-state index is 11.4. The van der Waals surface area contributed by atoms with Crippen LogP contribution in [0.2, 0.25) is 0 Å². The SMILES string of the molecule is C=O.O=[N+]([O-])c1ccc(O)c(Cc2cc([N+](=O)[O-])cc(Cc3cc([N+](=O)[O-])ccc3O)c2O)c1.O=[N+]([O-])c1ccc(O)cc1.[Na+].[OH-]. The summed E-state index contributed by atoms with van der Waals surface area (Å²) < 4.78 is 0. The minimum absolute atomic E-state index is 0. The molecular formula is C27H23N4NaO14. The van der Waals surface area contributed by atoms with Crippen molar-refractivity contribution in [2.75, 3.05) is 0 Å². The molecular weight excluding hydrogens is 627 g/mol. The standard InChI is InChI=1S/C20H15N3O9.C6H5NO3.CH2O.Na.H2O/c24-18-3-1-15(21(27)28)7-11(18)5-13-9-17(23(31)32)10-14(20(13)26)6-12-8-16(22(29)30)2-4-19(12)25;8-6-3-1-5(2-4-6)7(9)10;1-2;;/h1-4,7-10,24-26H,5-6H2;1-4,8H;1H2;;1H2/q;;;+1;/p-1. The van der Waals surface area contributed by atoms with Gasteiger partial charge in [-0.25, -0.2) is 0 Å². The molecule has 0 bridgehead atoms. The summed E-state index contributed by atoms with van der Waals surface area (Å²) in [6, 6.07) is 13.7. The van der Waals surface area contributed by atoms with Gasteiger partial charge in [-0.3, -0.25) is 40.5 Å². The first-order valence-electron chi connectivity index (χ1n) is 11.9.